The molecule has 0 aliphatic heterocycles. The van der Waals surface area contributed by atoms with E-state index in [1.807, 2.05) is 6.92 Å². The van der Waals surface area contributed by atoms with Gasteiger partial charge in [0.2, 0.25) is 27.6 Å². The number of Topliss-reactive ketones (excluding diaryl/α,β-unsaturated/α-hetero) is 1. The van der Waals surface area contributed by atoms with Crippen LogP contribution >= 0.6 is 0 Å². The molecule has 37 heavy (non-hydrogen) atoms. The Morgan fingerprint density at radius 3 is 2.22 bits per heavy atom. The van der Waals surface area contributed by atoms with Crippen LogP contribution in [0.25, 0.3) is 5.69 Å². The molecule has 11 nitrogen and oxygen atoms in total. The summed E-state index contributed by atoms with van der Waals surface area (Å²) in [5.74, 6) is 0.124. The number of para-hydroxylation sites is 1. The van der Waals surface area contributed by atoms with E-state index in [4.69, 9.17) is 9.47 Å². The number of aromatic nitrogens is 5. The summed E-state index contributed by atoms with van der Waals surface area (Å²) in [6, 6.07) is 5.12. The van der Waals surface area contributed by atoms with Gasteiger partial charge in [-0.1, -0.05) is 25.8 Å². The van der Waals surface area contributed by atoms with Gasteiger partial charge in [-0.2, -0.15) is 0 Å². The van der Waals surface area contributed by atoms with E-state index in [2.05, 4.69) is 24.9 Å². The number of nitrogens with one attached hydrogen (secondary N) is 1. The molecule has 2 atom stereocenters. The third kappa shape index (κ3) is 5.29. The van der Waals surface area contributed by atoms with Gasteiger partial charge < -0.3 is 9.47 Å². The van der Waals surface area contributed by atoms with E-state index in [9.17, 15) is 13.2 Å². The van der Waals surface area contributed by atoms with Crippen LogP contribution in [-0.2, 0) is 10.0 Å². The molecule has 2 heterocycles. The highest BCUT2D eigenvalue weighted by Gasteiger charge is 2.35. The second-order valence-electron chi connectivity index (χ2n) is 9.30. The average Bonchev–Trinajstić information content (AvgIpc) is 3.57. The molecule has 1 fully saturated rings. The molecule has 0 saturated heterocycles. The van der Waals surface area contributed by atoms with Crippen LogP contribution in [0.3, 0.4) is 0 Å². The molecule has 1 N–H and O–H groups in total. The maximum absolute atomic E-state index is 13.5. The topological polar surface area (TPSA) is 138 Å². The Labute approximate surface area is 216 Å². The number of anilines is 1. The number of methoxy groups -OCH3 is 2. The van der Waals surface area contributed by atoms with Gasteiger partial charge in [-0.3, -0.25) is 14.1 Å². The van der Waals surface area contributed by atoms with E-state index in [1.54, 1.807) is 44.4 Å². The fourth-order valence-corrected chi connectivity index (χ4v) is 5.71. The van der Waals surface area contributed by atoms with E-state index in [0.29, 0.717) is 23.0 Å². The lowest BCUT2D eigenvalue weighted by molar-refractivity contribution is 0.0910. The lowest BCUT2D eigenvalue weighted by Gasteiger charge is -2.21. The molecule has 3 aromatic rings. The summed E-state index contributed by atoms with van der Waals surface area (Å²) in [4.78, 5) is 22.1. The number of carbonyl (C=O) groups excluding carboxylic acids is 1. The third-order valence-electron chi connectivity index (χ3n) is 6.87. The predicted molar refractivity (Wildman–Crippen MR) is 138 cm³/mol. The van der Waals surface area contributed by atoms with Crippen molar-refractivity contribution < 1.29 is 22.7 Å². The normalized spacial score (nSPS) is 15.8. The van der Waals surface area contributed by atoms with Crippen LogP contribution in [0.2, 0.25) is 0 Å². The van der Waals surface area contributed by atoms with Crippen molar-refractivity contribution in [1.82, 2.24) is 24.7 Å². The Balaban J connectivity index is 1.78. The molecular weight excluding hydrogens is 496 g/mol. The zero-order chi connectivity index (χ0) is 26.7. The molecule has 0 unspecified atom stereocenters. The van der Waals surface area contributed by atoms with Gasteiger partial charge in [-0.25, -0.2) is 18.4 Å². The number of benzene rings is 1. The number of ketones is 1. The Hall–Kier alpha value is -3.54. The number of carbonyl (C=O) groups is 1. The Bertz CT molecular complexity index is 1340. The first-order valence-electron chi connectivity index (χ1n) is 12.2. The Kier molecular flexibility index (Phi) is 7.76. The quantitative estimate of drug-likeness (QED) is 0.390. The van der Waals surface area contributed by atoms with Crippen molar-refractivity contribution in [3.05, 3.63) is 47.8 Å². The highest BCUT2D eigenvalue weighted by atomic mass is 32.2. The summed E-state index contributed by atoms with van der Waals surface area (Å²) < 4.78 is 42.1. The van der Waals surface area contributed by atoms with Gasteiger partial charge in [-0.05, 0) is 44.4 Å². The van der Waals surface area contributed by atoms with Crippen molar-refractivity contribution in [1.29, 1.82) is 0 Å². The van der Waals surface area contributed by atoms with Gasteiger partial charge in [0.1, 0.15) is 23.0 Å². The molecule has 12 heteroatoms. The zero-order valence-electron chi connectivity index (χ0n) is 21.6. The van der Waals surface area contributed by atoms with E-state index in [-0.39, 0.29) is 23.5 Å². The number of aryl methyl sites for hydroxylation is 1. The molecule has 4 rings (SSSR count). The van der Waals surface area contributed by atoms with Crippen molar-refractivity contribution in [2.24, 2.45) is 5.92 Å². The monoisotopic (exact) mass is 528 g/mol. The molecule has 0 bridgehead atoms. The van der Waals surface area contributed by atoms with Gasteiger partial charge in [-0.15, -0.1) is 10.2 Å². The molecule has 1 aliphatic carbocycles. The molecule has 0 amide bonds. The van der Waals surface area contributed by atoms with Crippen LogP contribution in [-0.4, -0.2) is 58.4 Å². The molecule has 1 aliphatic rings. The second-order valence-corrected chi connectivity index (χ2v) is 11.3. The largest absolute Gasteiger partial charge is 0.494 e. The highest BCUT2D eigenvalue weighted by Crippen LogP contribution is 2.37. The first kappa shape index (κ1) is 26.5. The average molecular weight is 529 g/mol. The van der Waals surface area contributed by atoms with E-state index >= 15 is 0 Å². The van der Waals surface area contributed by atoms with Crippen molar-refractivity contribution in [2.75, 3.05) is 18.9 Å². The Morgan fingerprint density at radius 2 is 1.65 bits per heavy atom. The lowest BCUT2D eigenvalue weighted by Crippen LogP contribution is -2.31. The number of nitrogens with zero attached hydrogens (tertiary/aromatic N) is 5. The summed E-state index contributed by atoms with van der Waals surface area (Å²) in [5, 5.41) is 7.33. The smallest absolute Gasteiger partial charge is 0.243 e. The van der Waals surface area contributed by atoms with Crippen LogP contribution < -0.4 is 14.2 Å². The summed E-state index contributed by atoms with van der Waals surface area (Å²) in [6.07, 6.45) is 6.72. The predicted octanol–water partition coefficient (Wildman–Crippen LogP) is 3.69. The first-order chi connectivity index (χ1) is 17.7. The standard InChI is InChI=1S/C25H32N6O5S/c1-15-13-26-23(27-14-15)16(2)17(3)37(33,34)30-25-29-28-24(22(32)18-9-6-7-10-18)31(25)21-19(35-4)11-8-12-20(21)36-5/h8,11-14,16-18H,6-7,9-10H2,1-5H3,(H,29,30)/t16-,17-/m0/s1. The van der Waals surface area contributed by atoms with Crippen LogP contribution in [0.5, 0.6) is 11.5 Å². The van der Waals surface area contributed by atoms with Gasteiger partial charge in [0.15, 0.2) is 0 Å². The van der Waals surface area contributed by atoms with Crippen LogP contribution in [0.4, 0.5) is 5.95 Å². The number of rotatable bonds is 10. The summed E-state index contributed by atoms with van der Waals surface area (Å²) >= 11 is 0. The summed E-state index contributed by atoms with van der Waals surface area (Å²) in [6.45, 7) is 5.18. The minimum absolute atomic E-state index is 0.0231. The van der Waals surface area contributed by atoms with Crippen LogP contribution in [0.1, 0.15) is 67.5 Å². The fourth-order valence-electron chi connectivity index (χ4n) is 4.48. The van der Waals surface area contributed by atoms with E-state index < -0.39 is 21.2 Å². The summed E-state index contributed by atoms with van der Waals surface area (Å²) in [7, 11) is -1.05. The lowest BCUT2D eigenvalue weighted by atomic mass is 10.0. The van der Waals surface area contributed by atoms with Crippen LogP contribution in [0.15, 0.2) is 30.6 Å². The minimum Gasteiger partial charge on any atom is -0.494 e. The van der Waals surface area contributed by atoms with Crippen molar-refractivity contribution in [3.8, 4) is 17.2 Å². The highest BCUT2D eigenvalue weighted by molar-refractivity contribution is 7.93. The molecule has 1 aromatic carbocycles. The van der Waals surface area contributed by atoms with E-state index in [0.717, 1.165) is 31.2 Å². The maximum Gasteiger partial charge on any atom is 0.243 e. The number of hydrogen-bond acceptors (Lipinski definition) is 9. The van der Waals surface area contributed by atoms with E-state index in [1.165, 1.54) is 18.8 Å². The number of ether oxygens (including phenoxy) is 2. The molecule has 1 saturated carbocycles. The maximum atomic E-state index is 13.5. The Morgan fingerprint density at radius 1 is 1.05 bits per heavy atom. The molecule has 2 aromatic heterocycles. The molecule has 0 spiro atoms. The fraction of sp³-hybridized carbons (Fsp3) is 0.480. The molecule has 198 valence electrons. The first-order valence-corrected chi connectivity index (χ1v) is 13.7. The zero-order valence-corrected chi connectivity index (χ0v) is 22.4. The number of hydrogen-bond donors (Lipinski definition) is 1. The number of sulfonamides is 1. The van der Waals surface area contributed by atoms with Gasteiger partial charge in [0.05, 0.1) is 19.5 Å². The molecule has 0 radical (unpaired) electrons. The third-order valence-corrected chi connectivity index (χ3v) is 8.72. The van der Waals surface area contributed by atoms with Gasteiger partial charge >= 0.3 is 0 Å². The summed E-state index contributed by atoms with van der Waals surface area (Å²) in [5.41, 5.74) is 1.21. The van der Waals surface area contributed by atoms with Crippen molar-refractivity contribution >= 4 is 21.8 Å². The van der Waals surface area contributed by atoms with Crippen molar-refractivity contribution in [3.63, 3.8) is 0 Å². The van der Waals surface area contributed by atoms with Gasteiger partial charge in [0, 0.05) is 24.2 Å². The second kappa shape index (κ2) is 10.8. The SMILES string of the molecule is COc1cccc(OC)c1-n1c(NS(=O)(=O)[C@@H](C)[C@H](C)c2ncc(C)cn2)nnc1C(=O)C1CCCC1. The van der Waals surface area contributed by atoms with Crippen molar-refractivity contribution in [2.45, 2.75) is 57.6 Å². The van der Waals surface area contributed by atoms with Crippen LogP contribution in [0, 0.1) is 12.8 Å². The molecular formula is C25H32N6O5S. The van der Waals surface area contributed by atoms with Gasteiger partial charge in [0.25, 0.3) is 0 Å². The minimum atomic E-state index is -4.02.